The van der Waals surface area contributed by atoms with E-state index in [4.69, 9.17) is 9.47 Å². The maximum atomic E-state index is 12.8. The number of nitrogens with zero attached hydrogens (tertiary/aromatic N) is 1. The van der Waals surface area contributed by atoms with Gasteiger partial charge in [-0.1, -0.05) is 26.0 Å². The van der Waals surface area contributed by atoms with Gasteiger partial charge in [-0.2, -0.15) is 4.31 Å². The molecule has 1 N–H and O–H groups in total. The van der Waals surface area contributed by atoms with Gasteiger partial charge in [-0.3, -0.25) is 4.79 Å². The van der Waals surface area contributed by atoms with Crippen LogP contribution in [0.5, 0.6) is 11.5 Å². The smallest absolute Gasteiger partial charge is 0.251 e. The number of nitrogens with one attached hydrogen (secondary N) is 1. The molecule has 2 rings (SSSR count). The molecule has 8 heteroatoms. The van der Waals surface area contributed by atoms with E-state index in [1.54, 1.807) is 53.2 Å². The number of carbonyl (C=O) groups is 1. The molecule has 0 saturated heterocycles. The van der Waals surface area contributed by atoms with Crippen molar-refractivity contribution in [1.29, 1.82) is 0 Å². The van der Waals surface area contributed by atoms with Crippen LogP contribution in [0.3, 0.4) is 0 Å². The molecule has 0 bridgehead atoms. The van der Waals surface area contributed by atoms with E-state index in [1.165, 1.54) is 16.4 Å². The molecule has 0 aromatic heterocycles. The quantitative estimate of drug-likeness (QED) is 0.674. The summed E-state index contributed by atoms with van der Waals surface area (Å²) < 4.78 is 37.4. The van der Waals surface area contributed by atoms with Crippen LogP contribution in [0.4, 0.5) is 0 Å². The van der Waals surface area contributed by atoms with E-state index < -0.39 is 10.0 Å². The highest BCUT2D eigenvalue weighted by molar-refractivity contribution is 7.89. The lowest BCUT2D eigenvalue weighted by Gasteiger charge is -2.19. The molecular formula is C21H28N2O5S. The van der Waals surface area contributed by atoms with Gasteiger partial charge in [0.15, 0.2) is 11.5 Å². The van der Waals surface area contributed by atoms with Gasteiger partial charge in [-0.15, -0.1) is 0 Å². The first-order valence-electron chi connectivity index (χ1n) is 9.38. The number of sulfonamides is 1. The van der Waals surface area contributed by atoms with Crippen molar-refractivity contribution in [2.45, 2.75) is 32.2 Å². The molecule has 0 radical (unpaired) electrons. The largest absolute Gasteiger partial charge is 0.493 e. The molecule has 0 saturated carbocycles. The van der Waals surface area contributed by atoms with Crippen LogP contribution in [0.15, 0.2) is 41.3 Å². The zero-order valence-corrected chi connectivity index (χ0v) is 18.3. The van der Waals surface area contributed by atoms with E-state index in [9.17, 15) is 13.2 Å². The predicted molar refractivity (Wildman–Crippen MR) is 112 cm³/mol. The van der Waals surface area contributed by atoms with Gasteiger partial charge in [-0.05, 0) is 42.3 Å². The van der Waals surface area contributed by atoms with Crippen LogP contribution < -0.4 is 14.8 Å². The van der Waals surface area contributed by atoms with Crippen molar-refractivity contribution < 1.29 is 22.7 Å². The van der Waals surface area contributed by atoms with Crippen LogP contribution >= 0.6 is 0 Å². The van der Waals surface area contributed by atoms with Crippen molar-refractivity contribution in [3.05, 3.63) is 53.1 Å². The number of aryl methyl sites for hydroxylation is 1. The number of ether oxygens (including phenoxy) is 2. The lowest BCUT2D eigenvalue weighted by atomic mass is 10.1. The summed E-state index contributed by atoms with van der Waals surface area (Å²) in [7, 11) is -0.531. The average Bonchev–Trinajstić information content (AvgIpc) is 2.72. The van der Waals surface area contributed by atoms with Gasteiger partial charge in [0.05, 0.1) is 19.1 Å². The second kappa shape index (κ2) is 9.76. The number of carbonyl (C=O) groups excluding carboxylic acids is 1. The van der Waals surface area contributed by atoms with E-state index in [-0.39, 0.29) is 17.3 Å². The summed E-state index contributed by atoms with van der Waals surface area (Å²) in [6.45, 7) is 6.35. The van der Waals surface area contributed by atoms with Crippen LogP contribution in [0.2, 0.25) is 0 Å². The van der Waals surface area contributed by atoms with Crippen molar-refractivity contribution in [1.82, 2.24) is 9.62 Å². The third-order valence-corrected chi connectivity index (χ3v) is 6.74. The monoisotopic (exact) mass is 420 g/mol. The number of hydrogen-bond donors (Lipinski definition) is 1. The zero-order chi connectivity index (χ0) is 21.6. The van der Waals surface area contributed by atoms with Gasteiger partial charge in [0.1, 0.15) is 0 Å². The van der Waals surface area contributed by atoms with Crippen LogP contribution in [0.1, 0.15) is 35.3 Å². The lowest BCUT2D eigenvalue weighted by Crippen LogP contribution is -2.31. The molecule has 0 unspecified atom stereocenters. The molecular weight excluding hydrogens is 392 g/mol. The summed E-state index contributed by atoms with van der Waals surface area (Å²) in [6, 6.07) is 10.0. The summed E-state index contributed by atoms with van der Waals surface area (Å²) in [5.74, 6) is 0.837. The minimum atomic E-state index is -3.63. The lowest BCUT2D eigenvalue weighted by molar-refractivity contribution is 0.0950. The standard InChI is InChI=1S/C21H28N2O5S/c1-6-23(7-2)29(25,26)17-10-8-15(3)18(13-17)21(24)22-14-16-9-11-19(27-4)20(12-16)28-5/h8-13H,6-7,14H2,1-5H3,(H,22,24). The number of benzene rings is 2. The van der Waals surface area contributed by atoms with E-state index >= 15 is 0 Å². The van der Waals surface area contributed by atoms with E-state index in [1.807, 2.05) is 6.07 Å². The first-order valence-corrected chi connectivity index (χ1v) is 10.8. The van der Waals surface area contributed by atoms with Gasteiger partial charge in [-0.25, -0.2) is 8.42 Å². The van der Waals surface area contributed by atoms with Crippen molar-refractivity contribution in [2.24, 2.45) is 0 Å². The molecule has 0 aliphatic carbocycles. The average molecular weight is 421 g/mol. The second-order valence-corrected chi connectivity index (χ2v) is 8.38. The van der Waals surface area contributed by atoms with Crippen LogP contribution in [0, 0.1) is 6.92 Å². The van der Waals surface area contributed by atoms with Crippen LogP contribution in [-0.2, 0) is 16.6 Å². The molecule has 2 aromatic rings. The van der Waals surface area contributed by atoms with Crippen molar-refractivity contribution in [3.8, 4) is 11.5 Å². The Balaban J connectivity index is 2.23. The Kier molecular flexibility index (Phi) is 7.64. The number of amides is 1. The first kappa shape index (κ1) is 22.7. The van der Waals surface area contributed by atoms with Crippen LogP contribution in [0.25, 0.3) is 0 Å². The highest BCUT2D eigenvalue weighted by atomic mass is 32.2. The molecule has 29 heavy (non-hydrogen) atoms. The normalized spacial score (nSPS) is 11.4. The van der Waals surface area contributed by atoms with Crippen molar-refractivity contribution in [3.63, 3.8) is 0 Å². The maximum Gasteiger partial charge on any atom is 0.251 e. The molecule has 1 amide bonds. The van der Waals surface area contributed by atoms with Gasteiger partial charge < -0.3 is 14.8 Å². The fourth-order valence-electron chi connectivity index (χ4n) is 2.99. The summed E-state index contributed by atoms with van der Waals surface area (Å²) in [5, 5.41) is 2.84. The van der Waals surface area contributed by atoms with E-state index in [0.29, 0.717) is 35.7 Å². The predicted octanol–water partition coefficient (Wildman–Crippen LogP) is 2.97. The Morgan fingerprint density at radius 1 is 1.00 bits per heavy atom. The Morgan fingerprint density at radius 3 is 2.24 bits per heavy atom. The molecule has 0 atom stereocenters. The van der Waals surface area contributed by atoms with Gasteiger partial charge >= 0.3 is 0 Å². The fraction of sp³-hybridized carbons (Fsp3) is 0.381. The number of methoxy groups -OCH3 is 2. The molecule has 158 valence electrons. The number of hydrogen-bond acceptors (Lipinski definition) is 5. The molecule has 0 aliphatic heterocycles. The van der Waals surface area contributed by atoms with Gasteiger partial charge in [0.25, 0.3) is 5.91 Å². The Hall–Kier alpha value is -2.58. The topological polar surface area (TPSA) is 84.9 Å². The summed E-state index contributed by atoms with van der Waals surface area (Å²) in [6.07, 6.45) is 0. The molecule has 0 heterocycles. The fourth-order valence-corrected chi connectivity index (χ4v) is 4.47. The third-order valence-electron chi connectivity index (χ3n) is 4.70. The molecule has 0 spiro atoms. The van der Waals surface area contributed by atoms with Crippen molar-refractivity contribution >= 4 is 15.9 Å². The summed E-state index contributed by atoms with van der Waals surface area (Å²) in [5.41, 5.74) is 1.87. The SMILES string of the molecule is CCN(CC)S(=O)(=O)c1ccc(C)c(C(=O)NCc2ccc(OC)c(OC)c2)c1. The van der Waals surface area contributed by atoms with E-state index in [0.717, 1.165) is 5.56 Å². The van der Waals surface area contributed by atoms with Gasteiger partial charge in [0, 0.05) is 25.2 Å². The Morgan fingerprint density at radius 2 is 1.66 bits per heavy atom. The van der Waals surface area contributed by atoms with Gasteiger partial charge in [0.2, 0.25) is 10.0 Å². The molecule has 7 nitrogen and oxygen atoms in total. The zero-order valence-electron chi connectivity index (χ0n) is 17.5. The first-order chi connectivity index (χ1) is 13.8. The Labute approximate surface area is 172 Å². The van der Waals surface area contributed by atoms with E-state index in [2.05, 4.69) is 5.32 Å². The Bertz CT molecular complexity index is 969. The second-order valence-electron chi connectivity index (χ2n) is 6.44. The van der Waals surface area contributed by atoms with Crippen LogP contribution in [-0.4, -0.2) is 45.9 Å². The minimum absolute atomic E-state index is 0.114. The summed E-state index contributed by atoms with van der Waals surface area (Å²) >= 11 is 0. The third kappa shape index (κ3) is 5.07. The highest BCUT2D eigenvalue weighted by Gasteiger charge is 2.23. The molecule has 0 fully saturated rings. The highest BCUT2D eigenvalue weighted by Crippen LogP contribution is 2.27. The summed E-state index contributed by atoms with van der Waals surface area (Å²) in [4.78, 5) is 12.8. The molecule has 2 aromatic carbocycles. The molecule has 0 aliphatic rings. The minimum Gasteiger partial charge on any atom is -0.493 e. The van der Waals surface area contributed by atoms with Crippen molar-refractivity contribution in [2.75, 3.05) is 27.3 Å². The number of rotatable bonds is 9. The maximum absolute atomic E-state index is 12.8.